The van der Waals surface area contributed by atoms with Crippen molar-refractivity contribution in [1.82, 2.24) is 15.1 Å². The summed E-state index contributed by atoms with van der Waals surface area (Å²) in [5.41, 5.74) is 1.08. The van der Waals surface area contributed by atoms with Gasteiger partial charge in [-0.3, -0.25) is 15.0 Å². The largest absolute Gasteiger partial charge is 0.402 e. The highest BCUT2D eigenvalue weighted by atomic mass is 32.1. The monoisotopic (exact) mass is 336 g/mol. The summed E-state index contributed by atoms with van der Waals surface area (Å²) >= 11 is 1.53. The van der Waals surface area contributed by atoms with E-state index in [1.165, 1.54) is 11.3 Å². The molecule has 1 fully saturated rings. The number of anilines is 1. The van der Waals surface area contributed by atoms with Gasteiger partial charge in [-0.1, -0.05) is 5.10 Å². The zero-order valence-corrected chi connectivity index (χ0v) is 14.2. The van der Waals surface area contributed by atoms with Gasteiger partial charge in [-0.25, -0.2) is 0 Å². The fourth-order valence-corrected chi connectivity index (χ4v) is 3.34. The molecule has 1 aliphatic heterocycles. The van der Waals surface area contributed by atoms with Gasteiger partial charge in [0.25, 0.3) is 5.89 Å². The van der Waals surface area contributed by atoms with Gasteiger partial charge in [0.2, 0.25) is 5.91 Å². The summed E-state index contributed by atoms with van der Waals surface area (Å²) in [6.45, 7) is 7.68. The standard InChI is InChI=1S/C15H20N4O3S/c1-9-4-5-23-13(9)14-17-18-15(22-14)16-12(20)7-19-6-11(3)21-8-10(19)2/h4-5,10-11H,6-8H2,1-3H3,(H,16,18,20). The lowest BCUT2D eigenvalue weighted by Gasteiger charge is -2.36. The van der Waals surface area contributed by atoms with Crippen molar-refractivity contribution < 1.29 is 13.9 Å². The maximum Gasteiger partial charge on any atom is 0.322 e. The van der Waals surface area contributed by atoms with Crippen LogP contribution in [-0.2, 0) is 9.53 Å². The van der Waals surface area contributed by atoms with Crippen LogP contribution >= 0.6 is 11.3 Å². The van der Waals surface area contributed by atoms with E-state index in [2.05, 4.69) is 20.4 Å². The fourth-order valence-electron chi connectivity index (χ4n) is 2.49. The topological polar surface area (TPSA) is 80.5 Å². The molecule has 0 aromatic carbocycles. The molecule has 3 rings (SSSR count). The highest BCUT2D eigenvalue weighted by Gasteiger charge is 2.25. The molecule has 0 bridgehead atoms. The van der Waals surface area contributed by atoms with E-state index in [1.54, 1.807) is 0 Å². The van der Waals surface area contributed by atoms with Crippen molar-refractivity contribution in [2.75, 3.05) is 25.0 Å². The predicted octanol–water partition coefficient (Wildman–Crippen LogP) is 2.15. The van der Waals surface area contributed by atoms with E-state index < -0.39 is 0 Å². The van der Waals surface area contributed by atoms with Crippen LogP contribution in [0.15, 0.2) is 15.9 Å². The van der Waals surface area contributed by atoms with E-state index >= 15 is 0 Å². The summed E-state index contributed by atoms with van der Waals surface area (Å²) in [6, 6.07) is 2.33. The SMILES string of the molecule is Cc1ccsc1-c1nnc(NC(=O)CN2CC(C)OCC2C)o1. The Hall–Kier alpha value is -1.77. The number of amides is 1. The van der Waals surface area contributed by atoms with Crippen LogP contribution in [0.5, 0.6) is 0 Å². The number of carbonyl (C=O) groups excluding carboxylic acids is 1. The number of hydrogen-bond donors (Lipinski definition) is 1. The molecule has 7 nitrogen and oxygen atoms in total. The van der Waals surface area contributed by atoms with Gasteiger partial charge in [-0.2, -0.15) is 0 Å². The van der Waals surface area contributed by atoms with Crippen LogP contribution in [0.25, 0.3) is 10.8 Å². The zero-order chi connectivity index (χ0) is 16.4. The summed E-state index contributed by atoms with van der Waals surface area (Å²) in [5.74, 6) is 0.269. The number of nitrogens with one attached hydrogen (secondary N) is 1. The Kier molecular flexibility index (Phi) is 4.74. The normalized spacial score (nSPS) is 22.2. The number of rotatable bonds is 4. The number of hydrogen-bond acceptors (Lipinski definition) is 7. The first kappa shape index (κ1) is 16.1. The Labute approximate surface area is 138 Å². The first-order valence-corrected chi connectivity index (χ1v) is 8.44. The number of carbonyl (C=O) groups is 1. The number of aromatic nitrogens is 2. The molecule has 0 aliphatic carbocycles. The van der Waals surface area contributed by atoms with E-state index in [9.17, 15) is 4.79 Å². The minimum Gasteiger partial charge on any atom is -0.402 e. The van der Waals surface area contributed by atoms with Crippen LogP contribution in [0.4, 0.5) is 6.01 Å². The number of ether oxygens (including phenoxy) is 1. The predicted molar refractivity (Wildman–Crippen MR) is 87.4 cm³/mol. The molecule has 2 atom stereocenters. The quantitative estimate of drug-likeness (QED) is 0.921. The lowest BCUT2D eigenvalue weighted by Crippen LogP contribution is -2.50. The third-order valence-corrected chi connectivity index (χ3v) is 4.82. The molecule has 2 aromatic rings. The zero-order valence-electron chi connectivity index (χ0n) is 13.4. The van der Waals surface area contributed by atoms with E-state index in [0.717, 1.165) is 17.0 Å². The first-order chi connectivity index (χ1) is 11.0. The third kappa shape index (κ3) is 3.77. The summed E-state index contributed by atoms with van der Waals surface area (Å²) in [7, 11) is 0. The highest BCUT2D eigenvalue weighted by molar-refractivity contribution is 7.13. The maximum absolute atomic E-state index is 12.2. The lowest BCUT2D eigenvalue weighted by atomic mass is 10.2. The van der Waals surface area contributed by atoms with Crippen LogP contribution in [0.2, 0.25) is 0 Å². The minimum atomic E-state index is -0.163. The van der Waals surface area contributed by atoms with Crippen LogP contribution in [0, 0.1) is 6.92 Å². The summed E-state index contributed by atoms with van der Waals surface area (Å²) < 4.78 is 11.1. The second kappa shape index (κ2) is 6.77. The van der Waals surface area contributed by atoms with Crippen molar-refractivity contribution in [3.05, 3.63) is 17.0 Å². The second-order valence-electron chi connectivity index (χ2n) is 5.82. The van der Waals surface area contributed by atoms with Crippen molar-refractivity contribution in [3.63, 3.8) is 0 Å². The molecule has 0 saturated carbocycles. The average Bonchev–Trinajstić information content (AvgIpc) is 3.11. The van der Waals surface area contributed by atoms with Gasteiger partial charge in [-0.05, 0) is 37.8 Å². The fraction of sp³-hybridized carbons (Fsp3) is 0.533. The van der Waals surface area contributed by atoms with Crippen LogP contribution in [-0.4, -0.2) is 52.8 Å². The van der Waals surface area contributed by atoms with Crippen molar-refractivity contribution in [2.24, 2.45) is 0 Å². The van der Waals surface area contributed by atoms with E-state index in [0.29, 0.717) is 12.5 Å². The number of nitrogens with zero attached hydrogens (tertiary/aromatic N) is 3. The van der Waals surface area contributed by atoms with E-state index in [1.807, 2.05) is 32.2 Å². The van der Waals surface area contributed by atoms with Crippen molar-refractivity contribution in [2.45, 2.75) is 32.9 Å². The van der Waals surface area contributed by atoms with Crippen LogP contribution in [0.1, 0.15) is 19.4 Å². The molecule has 1 amide bonds. The summed E-state index contributed by atoms with van der Waals surface area (Å²) in [5, 5.41) is 12.5. The molecule has 0 spiro atoms. The molecule has 23 heavy (non-hydrogen) atoms. The van der Waals surface area contributed by atoms with Crippen LogP contribution < -0.4 is 5.32 Å². The number of thiophene rings is 1. The minimum absolute atomic E-state index is 0.131. The van der Waals surface area contributed by atoms with Gasteiger partial charge < -0.3 is 9.15 Å². The molecule has 2 unspecified atom stereocenters. The summed E-state index contributed by atoms with van der Waals surface area (Å²) in [4.78, 5) is 15.2. The van der Waals surface area contributed by atoms with E-state index in [-0.39, 0.29) is 30.6 Å². The number of morpholine rings is 1. The van der Waals surface area contributed by atoms with Crippen molar-refractivity contribution in [1.29, 1.82) is 0 Å². The molecule has 124 valence electrons. The average molecular weight is 336 g/mol. The van der Waals surface area contributed by atoms with Crippen LogP contribution in [0.3, 0.4) is 0 Å². The maximum atomic E-state index is 12.2. The Morgan fingerprint density at radius 1 is 1.48 bits per heavy atom. The second-order valence-corrected chi connectivity index (χ2v) is 6.73. The van der Waals surface area contributed by atoms with Gasteiger partial charge in [0.15, 0.2) is 0 Å². The molecular formula is C15H20N4O3S. The molecule has 3 heterocycles. The molecule has 0 radical (unpaired) electrons. The Balaban J connectivity index is 1.60. The molecule has 1 aliphatic rings. The number of aryl methyl sites for hydroxylation is 1. The molecular weight excluding hydrogens is 316 g/mol. The van der Waals surface area contributed by atoms with Gasteiger partial charge in [0.05, 0.1) is 24.1 Å². The third-order valence-electron chi connectivity index (χ3n) is 3.81. The summed E-state index contributed by atoms with van der Waals surface area (Å²) in [6.07, 6.45) is 0.135. The van der Waals surface area contributed by atoms with Crippen molar-refractivity contribution >= 4 is 23.3 Å². The lowest BCUT2D eigenvalue weighted by molar-refractivity contribution is -0.121. The van der Waals surface area contributed by atoms with Gasteiger partial charge >= 0.3 is 6.01 Å². The smallest absolute Gasteiger partial charge is 0.322 e. The highest BCUT2D eigenvalue weighted by Crippen LogP contribution is 2.28. The van der Waals surface area contributed by atoms with Gasteiger partial charge in [-0.15, -0.1) is 16.4 Å². The molecule has 8 heteroatoms. The first-order valence-electron chi connectivity index (χ1n) is 7.56. The Morgan fingerprint density at radius 3 is 3.04 bits per heavy atom. The Bertz CT molecular complexity index is 684. The molecule has 1 saturated heterocycles. The Morgan fingerprint density at radius 2 is 2.30 bits per heavy atom. The van der Waals surface area contributed by atoms with Gasteiger partial charge in [0.1, 0.15) is 0 Å². The molecule has 2 aromatic heterocycles. The molecule has 1 N–H and O–H groups in total. The van der Waals surface area contributed by atoms with E-state index in [4.69, 9.17) is 9.15 Å². The van der Waals surface area contributed by atoms with Gasteiger partial charge in [0, 0.05) is 12.6 Å². The van der Waals surface area contributed by atoms with Crippen molar-refractivity contribution in [3.8, 4) is 10.8 Å².